The summed E-state index contributed by atoms with van der Waals surface area (Å²) in [7, 11) is 1.16. The Bertz CT molecular complexity index is 295. The highest BCUT2D eigenvalue weighted by Gasteiger charge is 2.07. The Morgan fingerprint density at radius 2 is 1.92 bits per heavy atom. The molecule has 0 unspecified atom stereocenters. The summed E-state index contributed by atoms with van der Waals surface area (Å²) in [5, 5.41) is 0.0156. The summed E-state index contributed by atoms with van der Waals surface area (Å²) in [4.78, 5) is 11.2. The molecule has 0 N–H and O–H groups in total. The van der Waals surface area contributed by atoms with Crippen LogP contribution in [0, 0.1) is 0 Å². The van der Waals surface area contributed by atoms with Crippen LogP contribution in [0.3, 0.4) is 0 Å². The molecule has 1 aromatic rings. The fourth-order valence-electron chi connectivity index (χ4n) is 0.804. The van der Waals surface area contributed by atoms with E-state index < -0.39 is 0 Å². The molecule has 1 rings (SSSR count). The van der Waals surface area contributed by atoms with Crippen LogP contribution in [0.2, 0.25) is 0 Å². The topological polar surface area (TPSA) is 17.1 Å². The Hall–Kier alpha value is -0.290. The number of rotatable bonds is 2. The molecule has 0 atom stereocenters. The second-order valence-electron chi connectivity index (χ2n) is 2.21. The molecule has 12 heavy (non-hydrogen) atoms. The number of hydrogen-bond donors (Lipinski definition) is 0. The van der Waals surface area contributed by atoms with Crippen molar-refractivity contribution in [3.05, 3.63) is 42.5 Å². The van der Waals surface area contributed by atoms with Gasteiger partial charge in [-0.2, -0.15) is 0 Å². The van der Waals surface area contributed by atoms with Gasteiger partial charge < -0.3 is 0 Å². The number of carbonyl (C=O) groups is 1. The van der Waals surface area contributed by atoms with Crippen LogP contribution in [0.1, 0.15) is 5.56 Å². The average Bonchev–Trinajstić information content (AvgIpc) is 2.17. The number of carbonyl (C=O) groups excluding carboxylic acids is 1. The number of benzene rings is 1. The second-order valence-corrected chi connectivity index (χ2v) is 4.06. The van der Waals surface area contributed by atoms with E-state index in [1.54, 1.807) is 0 Å². The molecule has 0 saturated carbocycles. The van der Waals surface area contributed by atoms with Crippen molar-refractivity contribution in [1.29, 1.82) is 0 Å². The SMILES string of the molecule is C=C(C(=O)SI)c1ccccc1. The van der Waals surface area contributed by atoms with Crippen molar-refractivity contribution in [3.63, 3.8) is 0 Å². The van der Waals surface area contributed by atoms with E-state index in [9.17, 15) is 4.79 Å². The number of halogens is 1. The van der Waals surface area contributed by atoms with Crippen LogP contribution in [0.25, 0.3) is 5.57 Å². The molecule has 3 heteroatoms. The van der Waals surface area contributed by atoms with E-state index in [1.807, 2.05) is 51.5 Å². The molecule has 0 bridgehead atoms. The van der Waals surface area contributed by atoms with E-state index in [0.717, 1.165) is 14.5 Å². The van der Waals surface area contributed by atoms with Gasteiger partial charge in [-0.25, -0.2) is 0 Å². The van der Waals surface area contributed by atoms with E-state index in [2.05, 4.69) is 6.58 Å². The lowest BCUT2D eigenvalue weighted by molar-refractivity contribution is -0.106. The van der Waals surface area contributed by atoms with Crippen LogP contribution < -0.4 is 0 Å². The van der Waals surface area contributed by atoms with Gasteiger partial charge in [0.25, 0.3) is 0 Å². The Balaban J connectivity index is 2.86. The van der Waals surface area contributed by atoms with Gasteiger partial charge in [0.15, 0.2) is 0 Å². The zero-order chi connectivity index (χ0) is 8.97. The first-order valence-electron chi connectivity index (χ1n) is 3.33. The van der Waals surface area contributed by atoms with Crippen LogP contribution in [-0.4, -0.2) is 5.12 Å². The van der Waals surface area contributed by atoms with Crippen molar-refractivity contribution >= 4 is 40.8 Å². The first kappa shape index (κ1) is 9.80. The van der Waals surface area contributed by atoms with Crippen molar-refractivity contribution in [2.24, 2.45) is 0 Å². The first-order chi connectivity index (χ1) is 5.75. The lowest BCUT2D eigenvalue weighted by Crippen LogP contribution is -1.91. The molecule has 1 aromatic carbocycles. The Kier molecular flexibility index (Phi) is 3.81. The third-order valence-electron chi connectivity index (χ3n) is 1.44. The molecule has 0 aliphatic rings. The summed E-state index contributed by atoms with van der Waals surface area (Å²) in [6.07, 6.45) is 0. The van der Waals surface area contributed by atoms with Gasteiger partial charge in [-0.15, -0.1) is 0 Å². The van der Waals surface area contributed by atoms with Crippen LogP contribution in [0.15, 0.2) is 36.9 Å². The third-order valence-corrected chi connectivity index (χ3v) is 3.03. The summed E-state index contributed by atoms with van der Waals surface area (Å²) in [6.45, 7) is 3.72. The second kappa shape index (κ2) is 4.67. The Labute approximate surface area is 87.8 Å². The van der Waals surface area contributed by atoms with Crippen molar-refractivity contribution in [2.75, 3.05) is 0 Å². The lowest BCUT2D eigenvalue weighted by Gasteiger charge is -1.99. The van der Waals surface area contributed by atoms with Crippen LogP contribution in [0.4, 0.5) is 0 Å². The minimum absolute atomic E-state index is 0.0156. The molecular formula is C9H7IOS. The van der Waals surface area contributed by atoms with Crippen molar-refractivity contribution in [3.8, 4) is 0 Å². The molecule has 0 aliphatic heterocycles. The van der Waals surface area contributed by atoms with Crippen molar-refractivity contribution in [1.82, 2.24) is 0 Å². The quantitative estimate of drug-likeness (QED) is 0.614. The zero-order valence-corrected chi connectivity index (χ0v) is 9.26. The molecular weight excluding hydrogens is 283 g/mol. The third kappa shape index (κ3) is 2.35. The fraction of sp³-hybridized carbons (Fsp3) is 0. The molecule has 1 nitrogen and oxygen atoms in total. The highest BCUT2D eigenvalue weighted by molar-refractivity contribution is 14.2. The predicted molar refractivity (Wildman–Crippen MR) is 62.1 cm³/mol. The minimum Gasteiger partial charge on any atom is -0.281 e. The number of hydrogen-bond acceptors (Lipinski definition) is 2. The fourth-order valence-corrected chi connectivity index (χ4v) is 1.81. The van der Waals surface area contributed by atoms with Crippen molar-refractivity contribution in [2.45, 2.75) is 0 Å². The maximum atomic E-state index is 11.2. The first-order valence-corrected chi connectivity index (χ1v) is 6.69. The smallest absolute Gasteiger partial charge is 0.229 e. The Morgan fingerprint density at radius 1 is 1.33 bits per heavy atom. The molecule has 0 fully saturated rings. The van der Waals surface area contributed by atoms with Crippen LogP contribution in [0.5, 0.6) is 0 Å². The maximum Gasteiger partial charge on any atom is 0.229 e. The van der Waals surface area contributed by atoms with E-state index in [4.69, 9.17) is 0 Å². The lowest BCUT2D eigenvalue weighted by atomic mass is 10.1. The standard InChI is InChI=1S/C9H7IOS/c1-7(9(11)12-10)8-5-3-2-4-6-8/h2-6H,1H2. The normalized spacial score (nSPS) is 9.42. The van der Waals surface area contributed by atoms with Gasteiger partial charge in [0.05, 0.1) is 0 Å². The van der Waals surface area contributed by atoms with Crippen LogP contribution in [-0.2, 0) is 4.79 Å². The highest BCUT2D eigenvalue weighted by atomic mass is 127. The minimum atomic E-state index is 0.0156. The van der Waals surface area contributed by atoms with E-state index in [0.29, 0.717) is 5.57 Å². The maximum absolute atomic E-state index is 11.2. The average molecular weight is 290 g/mol. The summed E-state index contributed by atoms with van der Waals surface area (Å²) in [6, 6.07) is 9.47. The predicted octanol–water partition coefficient (Wildman–Crippen LogP) is 3.31. The molecule has 62 valence electrons. The zero-order valence-electron chi connectivity index (χ0n) is 6.29. The van der Waals surface area contributed by atoms with E-state index in [1.165, 1.54) is 0 Å². The summed E-state index contributed by atoms with van der Waals surface area (Å²) >= 11 is 1.96. The van der Waals surface area contributed by atoms with Gasteiger partial charge in [0, 0.05) is 26.8 Å². The molecule has 0 saturated heterocycles. The highest BCUT2D eigenvalue weighted by Crippen LogP contribution is 2.23. The van der Waals surface area contributed by atoms with Crippen molar-refractivity contribution < 1.29 is 4.79 Å². The molecule has 0 aliphatic carbocycles. The van der Waals surface area contributed by atoms with Gasteiger partial charge in [-0.05, 0) is 14.5 Å². The van der Waals surface area contributed by atoms with Gasteiger partial charge in [-0.3, -0.25) is 4.79 Å². The van der Waals surface area contributed by atoms with Gasteiger partial charge in [0.1, 0.15) is 0 Å². The Morgan fingerprint density at radius 3 is 2.42 bits per heavy atom. The van der Waals surface area contributed by atoms with E-state index >= 15 is 0 Å². The largest absolute Gasteiger partial charge is 0.281 e. The van der Waals surface area contributed by atoms with Gasteiger partial charge in [-0.1, -0.05) is 36.9 Å². The molecule has 0 heterocycles. The van der Waals surface area contributed by atoms with E-state index in [-0.39, 0.29) is 5.12 Å². The summed E-state index contributed by atoms with van der Waals surface area (Å²) < 4.78 is 0. The van der Waals surface area contributed by atoms with Gasteiger partial charge in [0.2, 0.25) is 5.12 Å². The molecule has 0 amide bonds. The summed E-state index contributed by atoms with van der Waals surface area (Å²) in [5.41, 5.74) is 1.46. The monoisotopic (exact) mass is 290 g/mol. The molecule has 0 aromatic heterocycles. The van der Waals surface area contributed by atoms with Crippen LogP contribution >= 0.6 is 30.1 Å². The molecule has 0 radical (unpaired) electrons. The summed E-state index contributed by atoms with van der Waals surface area (Å²) in [5.74, 6) is 0. The van der Waals surface area contributed by atoms with Gasteiger partial charge >= 0.3 is 0 Å². The molecule has 0 spiro atoms.